The van der Waals surface area contributed by atoms with Gasteiger partial charge in [-0.2, -0.15) is 5.10 Å². The van der Waals surface area contributed by atoms with Crippen molar-refractivity contribution in [2.45, 2.75) is 0 Å². The minimum absolute atomic E-state index is 0. The van der Waals surface area contributed by atoms with Crippen LogP contribution in [0.15, 0.2) is 12.4 Å². The molecule has 0 bridgehead atoms. The van der Waals surface area contributed by atoms with Gasteiger partial charge in [0, 0.05) is 39.4 Å². The largest absolute Gasteiger partial charge is 0.329 e. The molecule has 0 spiro atoms. The van der Waals surface area contributed by atoms with Gasteiger partial charge in [0.25, 0.3) is 0 Å². The lowest BCUT2D eigenvalue weighted by Gasteiger charge is -2.33. The maximum atomic E-state index is 11.9. The first-order valence-corrected chi connectivity index (χ1v) is 5.42. The van der Waals surface area contributed by atoms with Crippen molar-refractivity contribution < 1.29 is 4.79 Å². The van der Waals surface area contributed by atoms with E-state index in [4.69, 9.17) is 5.73 Å². The molecular weight excluding hydrogens is 242 g/mol. The molecule has 1 fully saturated rings. The first kappa shape index (κ1) is 14.0. The summed E-state index contributed by atoms with van der Waals surface area (Å²) in [5.74, 6) is 0.118. The van der Waals surface area contributed by atoms with Crippen LogP contribution in [0.5, 0.6) is 0 Å². The van der Waals surface area contributed by atoms with Gasteiger partial charge in [-0.05, 0) is 0 Å². The summed E-state index contributed by atoms with van der Waals surface area (Å²) in [6.07, 6.45) is 3.58. The Bertz CT molecular complexity index is 381. The summed E-state index contributed by atoms with van der Waals surface area (Å²) in [6.45, 7) is 3.42. The van der Waals surface area contributed by atoms with Crippen LogP contribution in [0, 0.1) is 0 Å². The van der Waals surface area contributed by atoms with Crippen LogP contribution in [0.25, 0.3) is 0 Å². The van der Waals surface area contributed by atoms with Crippen LogP contribution < -0.4 is 10.6 Å². The fourth-order valence-electron chi connectivity index (χ4n) is 1.92. The third kappa shape index (κ3) is 3.18. The van der Waals surface area contributed by atoms with Crippen molar-refractivity contribution in [1.29, 1.82) is 0 Å². The highest BCUT2D eigenvalue weighted by Gasteiger charge is 2.25. The van der Waals surface area contributed by atoms with Crippen LogP contribution in [0.3, 0.4) is 0 Å². The van der Waals surface area contributed by atoms with Crippen LogP contribution >= 0.6 is 12.4 Å². The van der Waals surface area contributed by atoms with E-state index in [1.807, 2.05) is 13.2 Å². The Kier molecular flexibility index (Phi) is 4.92. The summed E-state index contributed by atoms with van der Waals surface area (Å²) in [7, 11) is 1.85. The van der Waals surface area contributed by atoms with Crippen LogP contribution in [0.1, 0.15) is 0 Å². The lowest BCUT2D eigenvalue weighted by Crippen LogP contribution is -2.51. The second kappa shape index (κ2) is 6.00. The Morgan fingerprint density at radius 3 is 2.76 bits per heavy atom. The highest BCUT2D eigenvalue weighted by Crippen LogP contribution is 2.15. The van der Waals surface area contributed by atoms with Crippen molar-refractivity contribution in [3.05, 3.63) is 12.4 Å². The molecule has 1 amide bonds. The molecule has 2 heterocycles. The first-order valence-electron chi connectivity index (χ1n) is 5.42. The number of carbonyl (C=O) groups is 1. The van der Waals surface area contributed by atoms with Gasteiger partial charge in [0.05, 0.1) is 18.4 Å². The van der Waals surface area contributed by atoms with E-state index in [2.05, 4.69) is 10.00 Å². The van der Waals surface area contributed by atoms with Crippen molar-refractivity contribution >= 4 is 24.0 Å². The SMILES string of the molecule is Cl.Cn1cc(N2CCN(CCN)CC2=O)cn1. The molecule has 0 atom stereocenters. The monoisotopic (exact) mass is 259 g/mol. The molecule has 0 radical (unpaired) electrons. The third-order valence-corrected chi connectivity index (χ3v) is 2.75. The predicted octanol–water partition coefficient (Wildman–Crippen LogP) is -0.551. The van der Waals surface area contributed by atoms with Crippen molar-refractivity contribution in [2.75, 3.05) is 37.6 Å². The molecule has 1 aromatic heterocycles. The van der Waals surface area contributed by atoms with E-state index < -0.39 is 0 Å². The zero-order valence-electron chi connectivity index (χ0n) is 9.87. The van der Waals surface area contributed by atoms with Crippen molar-refractivity contribution in [3.63, 3.8) is 0 Å². The second-order valence-electron chi connectivity index (χ2n) is 3.98. The van der Waals surface area contributed by atoms with Crippen LogP contribution in [-0.4, -0.2) is 53.3 Å². The van der Waals surface area contributed by atoms with Crippen molar-refractivity contribution in [2.24, 2.45) is 12.8 Å². The van der Waals surface area contributed by atoms with Gasteiger partial charge in [-0.3, -0.25) is 14.4 Å². The standard InChI is InChI=1S/C10H17N5O.ClH/c1-13-7-9(6-12-13)15-5-4-14(3-2-11)8-10(15)16;/h6-7H,2-5,8,11H2,1H3;1H. The molecule has 2 N–H and O–H groups in total. The summed E-state index contributed by atoms with van der Waals surface area (Å²) < 4.78 is 1.70. The van der Waals surface area contributed by atoms with Crippen LogP contribution in [0.2, 0.25) is 0 Å². The molecular formula is C10H18ClN5O. The fraction of sp³-hybridized carbons (Fsp3) is 0.600. The minimum Gasteiger partial charge on any atom is -0.329 e. The van der Waals surface area contributed by atoms with E-state index in [9.17, 15) is 4.79 Å². The summed E-state index contributed by atoms with van der Waals surface area (Å²) >= 11 is 0. The Morgan fingerprint density at radius 2 is 2.24 bits per heavy atom. The Hall–Kier alpha value is -1.11. The Balaban J connectivity index is 0.00000144. The molecule has 0 aliphatic carbocycles. The molecule has 1 saturated heterocycles. The lowest BCUT2D eigenvalue weighted by molar-refractivity contribution is -0.121. The van der Waals surface area contributed by atoms with Gasteiger partial charge in [-0.25, -0.2) is 0 Å². The van der Waals surface area contributed by atoms with E-state index in [1.165, 1.54) is 0 Å². The Morgan fingerprint density at radius 1 is 1.47 bits per heavy atom. The van der Waals surface area contributed by atoms with Gasteiger partial charge in [-0.15, -0.1) is 12.4 Å². The number of halogens is 1. The average molecular weight is 260 g/mol. The molecule has 0 aromatic carbocycles. The van der Waals surface area contributed by atoms with Gasteiger partial charge in [0.15, 0.2) is 0 Å². The maximum absolute atomic E-state index is 11.9. The highest BCUT2D eigenvalue weighted by molar-refractivity contribution is 5.95. The number of hydrogen-bond acceptors (Lipinski definition) is 4. The summed E-state index contributed by atoms with van der Waals surface area (Å²) in [4.78, 5) is 15.8. The highest BCUT2D eigenvalue weighted by atomic mass is 35.5. The lowest BCUT2D eigenvalue weighted by atomic mass is 10.3. The fourth-order valence-corrected chi connectivity index (χ4v) is 1.92. The number of hydrogen-bond donors (Lipinski definition) is 1. The molecule has 6 nitrogen and oxygen atoms in total. The molecule has 96 valence electrons. The van der Waals surface area contributed by atoms with E-state index in [-0.39, 0.29) is 18.3 Å². The van der Waals surface area contributed by atoms with Crippen LogP contribution in [-0.2, 0) is 11.8 Å². The average Bonchev–Trinajstić information content (AvgIpc) is 2.65. The van der Waals surface area contributed by atoms with Crippen molar-refractivity contribution in [3.8, 4) is 0 Å². The van der Waals surface area contributed by atoms with Crippen LogP contribution in [0.4, 0.5) is 5.69 Å². The van der Waals surface area contributed by atoms with Gasteiger partial charge >= 0.3 is 0 Å². The van der Waals surface area contributed by atoms with E-state index in [1.54, 1.807) is 15.8 Å². The molecule has 2 rings (SSSR count). The molecule has 17 heavy (non-hydrogen) atoms. The smallest absolute Gasteiger partial charge is 0.241 e. The number of aromatic nitrogens is 2. The third-order valence-electron chi connectivity index (χ3n) is 2.75. The second-order valence-corrected chi connectivity index (χ2v) is 3.98. The summed E-state index contributed by atoms with van der Waals surface area (Å²) in [5, 5.41) is 4.07. The quantitative estimate of drug-likeness (QED) is 0.791. The normalized spacial score (nSPS) is 17.1. The van der Waals surface area contributed by atoms with Gasteiger partial charge in [0.2, 0.25) is 5.91 Å². The van der Waals surface area contributed by atoms with Gasteiger partial charge < -0.3 is 10.6 Å². The number of anilines is 1. The number of nitrogens with zero attached hydrogens (tertiary/aromatic N) is 4. The maximum Gasteiger partial charge on any atom is 0.241 e. The topological polar surface area (TPSA) is 67.4 Å². The zero-order chi connectivity index (χ0) is 11.5. The van der Waals surface area contributed by atoms with Gasteiger partial charge in [-0.1, -0.05) is 0 Å². The number of aryl methyl sites for hydroxylation is 1. The Labute approximate surface area is 107 Å². The van der Waals surface area contributed by atoms with Crippen molar-refractivity contribution in [1.82, 2.24) is 14.7 Å². The molecule has 1 aliphatic heterocycles. The molecule has 1 aromatic rings. The molecule has 1 aliphatic rings. The number of nitrogens with two attached hydrogens (primary N) is 1. The predicted molar refractivity (Wildman–Crippen MR) is 68.3 cm³/mol. The molecule has 7 heteroatoms. The van der Waals surface area contributed by atoms with E-state index in [0.29, 0.717) is 19.6 Å². The first-order chi connectivity index (χ1) is 7.70. The minimum atomic E-state index is 0. The van der Waals surface area contributed by atoms with Gasteiger partial charge in [0.1, 0.15) is 0 Å². The summed E-state index contributed by atoms with van der Waals surface area (Å²) in [6, 6.07) is 0. The number of rotatable bonds is 3. The number of amides is 1. The zero-order valence-corrected chi connectivity index (χ0v) is 10.7. The number of carbonyl (C=O) groups excluding carboxylic acids is 1. The molecule has 0 saturated carbocycles. The number of piperazine rings is 1. The van der Waals surface area contributed by atoms with E-state index in [0.717, 1.165) is 18.8 Å². The van der Waals surface area contributed by atoms with E-state index >= 15 is 0 Å². The summed E-state index contributed by atoms with van der Waals surface area (Å²) in [5.41, 5.74) is 6.35. The molecule has 0 unspecified atom stereocenters.